The Hall–Kier alpha value is -2.08. The van der Waals surface area contributed by atoms with Crippen LogP contribution < -0.4 is 9.64 Å². The maximum absolute atomic E-state index is 12.2. The zero-order valence-corrected chi connectivity index (χ0v) is 12.2. The minimum atomic E-state index is -0.617. The highest BCUT2D eigenvalue weighted by Gasteiger charge is 2.31. The predicted molar refractivity (Wildman–Crippen MR) is 76.1 cm³/mol. The lowest BCUT2D eigenvalue weighted by Crippen LogP contribution is -2.45. The van der Waals surface area contributed by atoms with Crippen molar-refractivity contribution >= 4 is 17.6 Å². The Morgan fingerprint density at radius 3 is 2.90 bits per heavy atom. The maximum atomic E-state index is 12.2. The molecule has 0 saturated carbocycles. The number of carbonyl (C=O) groups excluding carboxylic acids is 2. The second-order valence-corrected chi connectivity index (χ2v) is 4.77. The van der Waals surface area contributed by atoms with E-state index in [1.54, 1.807) is 32.0 Å². The zero-order valence-electron chi connectivity index (χ0n) is 12.2. The molecule has 1 aliphatic heterocycles. The van der Waals surface area contributed by atoms with Gasteiger partial charge in [0.1, 0.15) is 5.75 Å². The van der Waals surface area contributed by atoms with Crippen LogP contribution in [0, 0.1) is 0 Å². The van der Waals surface area contributed by atoms with Gasteiger partial charge in [-0.25, -0.2) is 0 Å². The fraction of sp³-hybridized carbons (Fsp3) is 0.467. The Labute approximate surface area is 123 Å². The standard InChI is InChI=1S/C15H19NO5/c1-3-20-14(18)6-7-16-12-5-4-11(9-17)8-13(12)21-10(2)15(16)19/h4-5,8,10,17H,3,6-7,9H2,1-2H3. The number of aliphatic hydroxyl groups excluding tert-OH is 1. The second-order valence-electron chi connectivity index (χ2n) is 4.77. The molecule has 1 aromatic rings. The molecular formula is C15H19NO5. The summed E-state index contributed by atoms with van der Waals surface area (Å²) in [6, 6.07) is 5.15. The van der Waals surface area contributed by atoms with E-state index in [0.29, 0.717) is 23.6 Å². The lowest BCUT2D eigenvalue weighted by molar-refractivity contribution is -0.142. The van der Waals surface area contributed by atoms with Gasteiger partial charge in [-0.1, -0.05) is 6.07 Å². The Bertz CT molecular complexity index is 543. The molecule has 1 unspecified atom stereocenters. The highest BCUT2D eigenvalue weighted by Crippen LogP contribution is 2.35. The van der Waals surface area contributed by atoms with Crippen molar-refractivity contribution in [3.05, 3.63) is 23.8 Å². The Morgan fingerprint density at radius 2 is 2.24 bits per heavy atom. The molecule has 1 amide bonds. The van der Waals surface area contributed by atoms with Crippen LogP contribution in [0.5, 0.6) is 5.75 Å². The highest BCUT2D eigenvalue weighted by molar-refractivity contribution is 6.00. The fourth-order valence-corrected chi connectivity index (χ4v) is 2.22. The topological polar surface area (TPSA) is 76.1 Å². The monoisotopic (exact) mass is 293 g/mol. The predicted octanol–water partition coefficient (Wildman–Crippen LogP) is 1.25. The van der Waals surface area contributed by atoms with Crippen molar-refractivity contribution in [1.82, 2.24) is 0 Å². The van der Waals surface area contributed by atoms with E-state index in [-0.39, 0.29) is 31.4 Å². The average Bonchev–Trinajstić information content (AvgIpc) is 2.47. The van der Waals surface area contributed by atoms with Gasteiger partial charge >= 0.3 is 5.97 Å². The summed E-state index contributed by atoms with van der Waals surface area (Å²) < 4.78 is 10.4. The van der Waals surface area contributed by atoms with Gasteiger partial charge in [-0.05, 0) is 31.5 Å². The highest BCUT2D eigenvalue weighted by atomic mass is 16.5. The summed E-state index contributed by atoms with van der Waals surface area (Å²) in [5.41, 5.74) is 1.32. The Morgan fingerprint density at radius 1 is 1.48 bits per heavy atom. The van der Waals surface area contributed by atoms with Gasteiger partial charge in [0.2, 0.25) is 0 Å². The molecule has 0 radical (unpaired) electrons. The molecule has 0 aromatic heterocycles. The van der Waals surface area contributed by atoms with Gasteiger partial charge in [0.25, 0.3) is 5.91 Å². The summed E-state index contributed by atoms with van der Waals surface area (Å²) in [5, 5.41) is 9.16. The third-order valence-corrected chi connectivity index (χ3v) is 3.26. The van der Waals surface area contributed by atoms with Crippen LogP contribution in [0.3, 0.4) is 0 Å². The molecule has 114 valence electrons. The van der Waals surface area contributed by atoms with E-state index in [2.05, 4.69) is 0 Å². The molecule has 1 N–H and O–H groups in total. The van der Waals surface area contributed by atoms with Crippen molar-refractivity contribution < 1.29 is 24.2 Å². The van der Waals surface area contributed by atoms with E-state index in [9.17, 15) is 9.59 Å². The minimum Gasteiger partial charge on any atom is -0.479 e. The van der Waals surface area contributed by atoms with E-state index in [1.165, 1.54) is 4.90 Å². The summed E-state index contributed by atoms with van der Waals surface area (Å²) in [4.78, 5) is 25.2. The van der Waals surface area contributed by atoms with Crippen LogP contribution in [-0.2, 0) is 20.9 Å². The molecule has 0 spiro atoms. The molecule has 21 heavy (non-hydrogen) atoms. The van der Waals surface area contributed by atoms with Gasteiger partial charge in [-0.2, -0.15) is 0 Å². The number of esters is 1. The molecule has 0 aliphatic carbocycles. The number of fused-ring (bicyclic) bond motifs is 1. The van der Waals surface area contributed by atoms with Gasteiger partial charge in [0.05, 0.1) is 25.3 Å². The molecule has 6 heteroatoms. The molecule has 1 atom stereocenters. The van der Waals surface area contributed by atoms with E-state index >= 15 is 0 Å². The number of hydrogen-bond donors (Lipinski definition) is 1. The molecule has 2 rings (SSSR count). The molecule has 1 heterocycles. The Balaban J connectivity index is 2.20. The molecule has 1 aromatic carbocycles. The van der Waals surface area contributed by atoms with Gasteiger partial charge in [0, 0.05) is 6.54 Å². The number of anilines is 1. The normalized spacial score (nSPS) is 17.2. The van der Waals surface area contributed by atoms with Crippen LogP contribution in [0.2, 0.25) is 0 Å². The first-order chi connectivity index (χ1) is 10.1. The maximum Gasteiger partial charge on any atom is 0.307 e. The lowest BCUT2D eigenvalue weighted by Gasteiger charge is -2.33. The second kappa shape index (κ2) is 6.58. The molecule has 1 aliphatic rings. The van der Waals surface area contributed by atoms with Crippen LogP contribution in [0.1, 0.15) is 25.8 Å². The number of hydrogen-bond acceptors (Lipinski definition) is 5. The third-order valence-electron chi connectivity index (χ3n) is 3.26. The van der Waals surface area contributed by atoms with Crippen molar-refractivity contribution in [2.45, 2.75) is 33.0 Å². The van der Waals surface area contributed by atoms with Gasteiger partial charge in [0.15, 0.2) is 6.10 Å². The fourth-order valence-electron chi connectivity index (χ4n) is 2.22. The summed E-state index contributed by atoms with van der Waals surface area (Å²) in [5.74, 6) is 0.0130. The van der Waals surface area contributed by atoms with Gasteiger partial charge in [-0.15, -0.1) is 0 Å². The van der Waals surface area contributed by atoms with Crippen molar-refractivity contribution in [1.29, 1.82) is 0 Å². The number of aliphatic hydroxyl groups is 1. The van der Waals surface area contributed by atoms with Crippen LogP contribution in [-0.4, -0.2) is 36.2 Å². The van der Waals surface area contributed by atoms with E-state index in [4.69, 9.17) is 14.6 Å². The Kier molecular flexibility index (Phi) is 4.80. The number of nitrogens with zero attached hydrogens (tertiary/aromatic N) is 1. The van der Waals surface area contributed by atoms with Crippen molar-refractivity contribution in [3.63, 3.8) is 0 Å². The first-order valence-corrected chi connectivity index (χ1v) is 6.94. The van der Waals surface area contributed by atoms with Crippen LogP contribution in [0.25, 0.3) is 0 Å². The smallest absolute Gasteiger partial charge is 0.307 e. The van der Waals surface area contributed by atoms with Gasteiger partial charge in [-0.3, -0.25) is 9.59 Å². The summed E-state index contributed by atoms with van der Waals surface area (Å²) >= 11 is 0. The van der Waals surface area contributed by atoms with E-state index < -0.39 is 6.10 Å². The molecule has 0 fully saturated rings. The SMILES string of the molecule is CCOC(=O)CCN1C(=O)C(C)Oc2cc(CO)ccc21. The molecule has 0 saturated heterocycles. The van der Waals surface area contributed by atoms with E-state index in [0.717, 1.165) is 0 Å². The molecule has 0 bridgehead atoms. The van der Waals surface area contributed by atoms with Crippen LogP contribution >= 0.6 is 0 Å². The number of benzene rings is 1. The number of carbonyl (C=O) groups is 2. The summed E-state index contributed by atoms with van der Waals surface area (Å²) in [6.07, 6.45) is -0.485. The first-order valence-electron chi connectivity index (χ1n) is 6.94. The lowest BCUT2D eigenvalue weighted by atomic mass is 10.1. The molecular weight excluding hydrogens is 274 g/mol. The van der Waals surface area contributed by atoms with E-state index in [1.807, 2.05) is 0 Å². The van der Waals surface area contributed by atoms with Gasteiger partial charge < -0.3 is 19.5 Å². The van der Waals surface area contributed by atoms with Crippen molar-refractivity contribution in [2.24, 2.45) is 0 Å². The van der Waals surface area contributed by atoms with Crippen LogP contribution in [0.15, 0.2) is 18.2 Å². The minimum absolute atomic E-state index is 0.0954. The third kappa shape index (κ3) is 3.33. The average molecular weight is 293 g/mol. The number of amides is 1. The largest absolute Gasteiger partial charge is 0.479 e. The first kappa shape index (κ1) is 15.3. The zero-order chi connectivity index (χ0) is 15.4. The van der Waals surface area contributed by atoms with Crippen molar-refractivity contribution in [3.8, 4) is 5.75 Å². The van der Waals surface area contributed by atoms with Crippen molar-refractivity contribution in [2.75, 3.05) is 18.1 Å². The number of rotatable bonds is 5. The quantitative estimate of drug-likeness (QED) is 0.827. The molecule has 6 nitrogen and oxygen atoms in total. The number of ether oxygens (including phenoxy) is 2. The van der Waals surface area contributed by atoms with Crippen LogP contribution in [0.4, 0.5) is 5.69 Å². The summed E-state index contributed by atoms with van der Waals surface area (Å²) in [7, 11) is 0. The summed E-state index contributed by atoms with van der Waals surface area (Å²) in [6.45, 7) is 3.88.